The largest absolute Gasteiger partial charge is 0.479 e. The van der Waals surface area contributed by atoms with Crippen molar-refractivity contribution in [3.63, 3.8) is 0 Å². The van der Waals surface area contributed by atoms with Crippen molar-refractivity contribution in [2.45, 2.75) is 13.0 Å². The third-order valence-electron chi connectivity index (χ3n) is 1.73. The fraction of sp³-hybridized carbons (Fsp3) is 0.364. The van der Waals surface area contributed by atoms with E-state index in [0.717, 1.165) is 0 Å². The van der Waals surface area contributed by atoms with Gasteiger partial charge in [0, 0.05) is 6.54 Å². The van der Waals surface area contributed by atoms with Crippen LogP contribution in [0.25, 0.3) is 0 Å². The number of carbonyl (C=O) groups excluding carboxylic acids is 1. The SMILES string of the molecule is CC(Oc1ccccc1)C(=O)OOCCN. The Morgan fingerprint density at radius 2 is 2.06 bits per heavy atom. The Morgan fingerprint density at radius 3 is 2.69 bits per heavy atom. The predicted octanol–water partition coefficient (Wildman–Crippen LogP) is 0.887. The first-order valence-electron chi connectivity index (χ1n) is 4.99. The molecule has 2 N–H and O–H groups in total. The highest BCUT2D eigenvalue weighted by molar-refractivity contribution is 5.73. The van der Waals surface area contributed by atoms with Crippen LogP contribution in [0.15, 0.2) is 30.3 Å². The molecule has 0 aliphatic rings. The van der Waals surface area contributed by atoms with Crippen molar-refractivity contribution in [1.29, 1.82) is 0 Å². The molecule has 1 atom stereocenters. The Bertz CT molecular complexity index is 315. The second-order valence-electron chi connectivity index (χ2n) is 3.09. The molecule has 0 spiro atoms. The number of benzene rings is 1. The lowest BCUT2D eigenvalue weighted by Crippen LogP contribution is -2.27. The quantitative estimate of drug-likeness (QED) is 0.442. The average molecular weight is 225 g/mol. The normalized spacial score (nSPS) is 11.9. The fourth-order valence-electron chi connectivity index (χ4n) is 0.967. The van der Waals surface area contributed by atoms with Crippen LogP contribution in [-0.2, 0) is 14.6 Å². The van der Waals surface area contributed by atoms with E-state index in [9.17, 15) is 4.79 Å². The molecule has 0 aromatic heterocycles. The summed E-state index contributed by atoms with van der Waals surface area (Å²) in [7, 11) is 0. The van der Waals surface area contributed by atoms with E-state index in [1.807, 2.05) is 18.2 Å². The first-order valence-corrected chi connectivity index (χ1v) is 4.99. The Labute approximate surface area is 94.0 Å². The van der Waals surface area contributed by atoms with Gasteiger partial charge in [0.25, 0.3) is 0 Å². The molecule has 0 aliphatic carbocycles. The summed E-state index contributed by atoms with van der Waals surface area (Å²) in [4.78, 5) is 20.3. The van der Waals surface area contributed by atoms with Crippen molar-refractivity contribution < 1.29 is 19.3 Å². The minimum absolute atomic E-state index is 0.170. The number of nitrogens with two attached hydrogens (primary N) is 1. The Hall–Kier alpha value is -1.59. The minimum Gasteiger partial charge on any atom is -0.479 e. The molecule has 5 heteroatoms. The molecule has 16 heavy (non-hydrogen) atoms. The number of rotatable bonds is 6. The molecule has 0 bridgehead atoms. The topological polar surface area (TPSA) is 70.8 Å². The summed E-state index contributed by atoms with van der Waals surface area (Å²) in [6.45, 7) is 2.05. The second kappa shape index (κ2) is 6.81. The Kier molecular flexibility index (Phi) is 5.31. The molecule has 1 rings (SSSR count). The summed E-state index contributed by atoms with van der Waals surface area (Å²) >= 11 is 0. The molecule has 0 aliphatic heterocycles. The van der Waals surface area contributed by atoms with Gasteiger partial charge in [-0.3, -0.25) is 4.89 Å². The summed E-state index contributed by atoms with van der Waals surface area (Å²) in [5, 5.41) is 0. The first-order chi connectivity index (χ1) is 7.74. The number of hydrogen-bond acceptors (Lipinski definition) is 5. The van der Waals surface area contributed by atoms with E-state index in [1.54, 1.807) is 19.1 Å². The predicted molar refractivity (Wildman–Crippen MR) is 57.6 cm³/mol. The van der Waals surface area contributed by atoms with Crippen molar-refractivity contribution >= 4 is 5.97 Å². The van der Waals surface area contributed by atoms with Crippen molar-refractivity contribution in [3.05, 3.63) is 30.3 Å². The van der Waals surface area contributed by atoms with Gasteiger partial charge in [-0.1, -0.05) is 18.2 Å². The molecule has 88 valence electrons. The van der Waals surface area contributed by atoms with Crippen LogP contribution in [0.3, 0.4) is 0 Å². The van der Waals surface area contributed by atoms with E-state index in [0.29, 0.717) is 12.3 Å². The maximum absolute atomic E-state index is 11.3. The van der Waals surface area contributed by atoms with Gasteiger partial charge in [-0.25, -0.2) is 4.79 Å². The zero-order chi connectivity index (χ0) is 11.8. The van der Waals surface area contributed by atoms with E-state index < -0.39 is 12.1 Å². The Balaban J connectivity index is 2.34. The highest BCUT2D eigenvalue weighted by atomic mass is 17.2. The highest BCUT2D eigenvalue weighted by Crippen LogP contribution is 2.11. The van der Waals surface area contributed by atoms with Crippen LogP contribution in [0, 0.1) is 0 Å². The van der Waals surface area contributed by atoms with Crippen LogP contribution in [0.1, 0.15) is 6.92 Å². The molecule has 0 amide bonds. The first kappa shape index (κ1) is 12.5. The maximum atomic E-state index is 11.3. The number of hydrogen-bond donors (Lipinski definition) is 1. The fourth-order valence-corrected chi connectivity index (χ4v) is 0.967. The molecule has 1 aromatic rings. The number of carbonyl (C=O) groups is 1. The highest BCUT2D eigenvalue weighted by Gasteiger charge is 2.17. The van der Waals surface area contributed by atoms with Gasteiger partial charge in [-0.05, 0) is 19.1 Å². The van der Waals surface area contributed by atoms with Crippen LogP contribution >= 0.6 is 0 Å². The number of ether oxygens (including phenoxy) is 1. The summed E-state index contributed by atoms with van der Waals surface area (Å²) in [6, 6.07) is 9.01. The van der Waals surface area contributed by atoms with Crippen LogP contribution in [-0.4, -0.2) is 25.2 Å². The lowest BCUT2D eigenvalue weighted by atomic mass is 10.3. The van der Waals surface area contributed by atoms with E-state index in [2.05, 4.69) is 9.78 Å². The summed E-state index contributed by atoms with van der Waals surface area (Å²) in [6.07, 6.45) is -0.722. The van der Waals surface area contributed by atoms with Gasteiger partial charge in [0.2, 0.25) is 0 Å². The van der Waals surface area contributed by atoms with Crippen molar-refractivity contribution in [2.75, 3.05) is 13.2 Å². The van der Waals surface area contributed by atoms with Gasteiger partial charge < -0.3 is 10.5 Å². The van der Waals surface area contributed by atoms with Crippen molar-refractivity contribution in [1.82, 2.24) is 0 Å². The summed E-state index contributed by atoms with van der Waals surface area (Å²) in [5.41, 5.74) is 5.17. The van der Waals surface area contributed by atoms with Crippen LogP contribution in [0.4, 0.5) is 0 Å². The molecule has 0 heterocycles. The smallest absolute Gasteiger partial charge is 0.382 e. The van der Waals surface area contributed by atoms with Gasteiger partial charge in [0.15, 0.2) is 6.10 Å². The third kappa shape index (κ3) is 4.29. The minimum atomic E-state index is -0.722. The van der Waals surface area contributed by atoms with Crippen molar-refractivity contribution in [2.24, 2.45) is 5.73 Å². The zero-order valence-corrected chi connectivity index (χ0v) is 9.09. The van der Waals surface area contributed by atoms with Gasteiger partial charge in [-0.2, -0.15) is 4.89 Å². The molecule has 1 aromatic carbocycles. The van der Waals surface area contributed by atoms with Crippen LogP contribution in [0.2, 0.25) is 0 Å². The third-order valence-corrected chi connectivity index (χ3v) is 1.73. The molecular weight excluding hydrogens is 210 g/mol. The molecule has 0 saturated carbocycles. The summed E-state index contributed by atoms with van der Waals surface area (Å²) < 4.78 is 5.32. The van der Waals surface area contributed by atoms with Gasteiger partial charge in [-0.15, -0.1) is 0 Å². The van der Waals surface area contributed by atoms with Crippen LogP contribution < -0.4 is 10.5 Å². The second-order valence-corrected chi connectivity index (χ2v) is 3.09. The lowest BCUT2D eigenvalue weighted by Gasteiger charge is -2.12. The molecule has 0 saturated heterocycles. The maximum Gasteiger partial charge on any atom is 0.382 e. The van der Waals surface area contributed by atoms with Crippen molar-refractivity contribution in [3.8, 4) is 5.75 Å². The molecule has 5 nitrogen and oxygen atoms in total. The van der Waals surface area contributed by atoms with Gasteiger partial charge >= 0.3 is 5.97 Å². The van der Waals surface area contributed by atoms with E-state index in [4.69, 9.17) is 10.5 Å². The zero-order valence-electron chi connectivity index (χ0n) is 9.09. The number of para-hydroxylation sites is 1. The van der Waals surface area contributed by atoms with E-state index >= 15 is 0 Å². The standard InChI is InChI=1S/C11H15NO4/c1-9(11(13)16-14-8-7-12)15-10-5-3-2-4-6-10/h2-6,9H,7-8,12H2,1H3. The molecule has 1 unspecified atom stereocenters. The van der Waals surface area contributed by atoms with E-state index in [1.165, 1.54) is 0 Å². The molecule has 0 radical (unpaired) electrons. The molecule has 0 fully saturated rings. The van der Waals surface area contributed by atoms with Crippen LogP contribution in [0.5, 0.6) is 5.75 Å². The van der Waals surface area contributed by atoms with E-state index in [-0.39, 0.29) is 6.61 Å². The summed E-state index contributed by atoms with van der Waals surface area (Å²) in [5.74, 6) is 0.0167. The monoisotopic (exact) mass is 225 g/mol. The molecular formula is C11H15NO4. The Morgan fingerprint density at radius 1 is 1.38 bits per heavy atom. The van der Waals surface area contributed by atoms with Gasteiger partial charge in [0.1, 0.15) is 12.4 Å². The lowest BCUT2D eigenvalue weighted by molar-refractivity contribution is -0.275. The van der Waals surface area contributed by atoms with Gasteiger partial charge in [0.05, 0.1) is 0 Å². The average Bonchev–Trinajstić information content (AvgIpc) is 2.30.